The molecule has 0 aliphatic carbocycles. The van der Waals surface area contributed by atoms with Gasteiger partial charge in [-0.15, -0.1) is 0 Å². The van der Waals surface area contributed by atoms with Crippen LogP contribution in [0.5, 0.6) is 0 Å². The van der Waals surface area contributed by atoms with Crippen molar-refractivity contribution in [3.8, 4) is 6.07 Å². The van der Waals surface area contributed by atoms with Crippen LogP contribution in [0.1, 0.15) is 5.56 Å². The third-order valence-corrected chi connectivity index (χ3v) is 3.16. The molecule has 0 fully saturated rings. The summed E-state index contributed by atoms with van der Waals surface area (Å²) in [7, 11) is 1.83. The van der Waals surface area contributed by atoms with Crippen LogP contribution in [0.15, 0.2) is 24.5 Å². The third-order valence-electron chi connectivity index (χ3n) is 3.16. The maximum atomic E-state index is 9.18. The molecular formula is C14H15N7O. The molecule has 0 aliphatic heterocycles. The summed E-state index contributed by atoms with van der Waals surface area (Å²) in [5.74, 6) is 1.27. The Bertz CT molecular complexity index is 843. The molecule has 3 rings (SSSR count). The smallest absolute Gasteiger partial charge is 0.153 e. The molecule has 4 N–H and O–H groups in total. The number of aliphatic hydroxyl groups is 1. The van der Waals surface area contributed by atoms with Crippen molar-refractivity contribution in [2.45, 2.75) is 0 Å². The molecule has 0 aliphatic rings. The first-order valence-corrected chi connectivity index (χ1v) is 6.75. The molecular weight excluding hydrogens is 282 g/mol. The summed E-state index contributed by atoms with van der Waals surface area (Å²) in [5, 5.41) is 29.4. The number of nitrogens with one attached hydrogen (secondary N) is 3. The van der Waals surface area contributed by atoms with Gasteiger partial charge in [-0.05, 0) is 0 Å². The van der Waals surface area contributed by atoms with Crippen molar-refractivity contribution in [1.82, 2.24) is 19.7 Å². The standard InChI is InChI=1S/C14H15N7O/c1-21-4-2-11(20-21)18-12-6-10(16-3-5-22)13-9(7-15)8-17-14(13)19-12/h2,4,6,8,22H,3,5H2,1H3,(H3,16,17,18,19,20). The van der Waals surface area contributed by atoms with Gasteiger partial charge in [0.25, 0.3) is 0 Å². The summed E-state index contributed by atoms with van der Waals surface area (Å²) >= 11 is 0. The number of nitrogens with zero attached hydrogens (tertiary/aromatic N) is 4. The zero-order valence-corrected chi connectivity index (χ0v) is 12.0. The third kappa shape index (κ3) is 2.57. The van der Waals surface area contributed by atoms with E-state index in [1.165, 1.54) is 0 Å². The van der Waals surface area contributed by atoms with Gasteiger partial charge in [0.05, 0.1) is 23.2 Å². The number of hydrogen-bond acceptors (Lipinski definition) is 6. The molecule has 0 unspecified atom stereocenters. The maximum Gasteiger partial charge on any atom is 0.153 e. The monoisotopic (exact) mass is 297 g/mol. The second-order valence-electron chi connectivity index (χ2n) is 4.74. The van der Waals surface area contributed by atoms with Gasteiger partial charge in [-0.1, -0.05) is 0 Å². The van der Waals surface area contributed by atoms with Crippen LogP contribution in [0.4, 0.5) is 17.3 Å². The van der Waals surface area contributed by atoms with Crippen LogP contribution in [0.3, 0.4) is 0 Å². The molecule has 0 atom stereocenters. The first kappa shape index (κ1) is 13.9. The van der Waals surface area contributed by atoms with Crippen molar-refractivity contribution in [1.29, 1.82) is 5.26 Å². The quantitative estimate of drug-likeness (QED) is 0.564. The fraction of sp³-hybridized carbons (Fsp3) is 0.214. The lowest BCUT2D eigenvalue weighted by molar-refractivity contribution is 0.311. The van der Waals surface area contributed by atoms with Crippen molar-refractivity contribution in [2.75, 3.05) is 23.8 Å². The highest BCUT2D eigenvalue weighted by Gasteiger charge is 2.12. The summed E-state index contributed by atoms with van der Waals surface area (Å²) in [5.41, 5.74) is 1.83. The van der Waals surface area contributed by atoms with Gasteiger partial charge in [0.1, 0.15) is 17.5 Å². The van der Waals surface area contributed by atoms with Gasteiger partial charge in [-0.3, -0.25) is 4.68 Å². The number of aromatic nitrogens is 4. The van der Waals surface area contributed by atoms with Crippen LogP contribution < -0.4 is 10.6 Å². The Kier molecular flexibility index (Phi) is 3.64. The van der Waals surface area contributed by atoms with E-state index in [0.29, 0.717) is 34.8 Å². The molecule has 112 valence electrons. The first-order chi connectivity index (χ1) is 10.7. The molecule has 0 saturated heterocycles. The highest BCUT2D eigenvalue weighted by molar-refractivity contribution is 5.96. The second-order valence-corrected chi connectivity index (χ2v) is 4.74. The van der Waals surface area contributed by atoms with Crippen molar-refractivity contribution in [3.63, 3.8) is 0 Å². The summed E-state index contributed by atoms with van der Waals surface area (Å²) in [6, 6.07) is 5.76. The molecule has 0 radical (unpaired) electrons. The van der Waals surface area contributed by atoms with Crippen LogP contribution in [-0.4, -0.2) is 38.0 Å². The number of fused-ring (bicyclic) bond motifs is 1. The number of hydrogen-bond donors (Lipinski definition) is 4. The second kappa shape index (κ2) is 5.75. The molecule has 8 nitrogen and oxygen atoms in total. The Balaban J connectivity index is 2.03. The van der Waals surface area contributed by atoms with E-state index in [-0.39, 0.29) is 6.61 Å². The predicted molar refractivity (Wildman–Crippen MR) is 82.9 cm³/mol. The minimum absolute atomic E-state index is 0.000864. The largest absolute Gasteiger partial charge is 0.395 e. The van der Waals surface area contributed by atoms with Crippen molar-refractivity contribution < 1.29 is 5.11 Å². The fourth-order valence-electron chi connectivity index (χ4n) is 2.23. The van der Waals surface area contributed by atoms with E-state index in [9.17, 15) is 5.26 Å². The molecule has 0 spiro atoms. The van der Waals surface area contributed by atoms with E-state index >= 15 is 0 Å². The SMILES string of the molecule is Cn1ccc(Nc2cc(NCCO)c3c(C#N)c[nH]c3n2)n1. The zero-order valence-electron chi connectivity index (χ0n) is 12.0. The molecule has 8 heteroatoms. The van der Waals surface area contributed by atoms with E-state index in [4.69, 9.17) is 5.11 Å². The minimum atomic E-state index is -0.000864. The number of aryl methyl sites for hydroxylation is 1. The molecule has 22 heavy (non-hydrogen) atoms. The lowest BCUT2D eigenvalue weighted by Crippen LogP contribution is -2.07. The van der Waals surface area contributed by atoms with Gasteiger partial charge in [0.2, 0.25) is 0 Å². The number of pyridine rings is 1. The van der Waals surface area contributed by atoms with E-state index in [1.807, 2.05) is 19.3 Å². The van der Waals surface area contributed by atoms with Gasteiger partial charge in [0, 0.05) is 38.1 Å². The molecule has 3 aromatic heterocycles. The normalized spacial score (nSPS) is 10.6. The maximum absolute atomic E-state index is 9.18. The minimum Gasteiger partial charge on any atom is -0.395 e. The number of H-pyrrole nitrogens is 1. The lowest BCUT2D eigenvalue weighted by Gasteiger charge is -2.09. The highest BCUT2D eigenvalue weighted by atomic mass is 16.3. The summed E-state index contributed by atoms with van der Waals surface area (Å²) < 4.78 is 1.69. The summed E-state index contributed by atoms with van der Waals surface area (Å²) in [6.07, 6.45) is 3.44. The van der Waals surface area contributed by atoms with Crippen LogP contribution >= 0.6 is 0 Å². The molecule has 0 aromatic carbocycles. The van der Waals surface area contributed by atoms with Gasteiger partial charge in [0.15, 0.2) is 5.82 Å². The molecule has 0 bridgehead atoms. The average molecular weight is 297 g/mol. The van der Waals surface area contributed by atoms with Crippen LogP contribution in [0, 0.1) is 11.3 Å². The Morgan fingerprint density at radius 2 is 2.32 bits per heavy atom. The van der Waals surface area contributed by atoms with Gasteiger partial charge in [-0.25, -0.2) is 4.98 Å². The lowest BCUT2D eigenvalue weighted by atomic mass is 10.2. The predicted octanol–water partition coefficient (Wildman–Crippen LogP) is 1.32. The molecule has 0 amide bonds. The fourth-order valence-corrected chi connectivity index (χ4v) is 2.23. The van der Waals surface area contributed by atoms with Crippen molar-refractivity contribution in [2.24, 2.45) is 7.05 Å². The number of aliphatic hydroxyl groups excluding tert-OH is 1. The van der Waals surface area contributed by atoms with Crippen molar-refractivity contribution in [3.05, 3.63) is 30.1 Å². The van der Waals surface area contributed by atoms with Crippen LogP contribution in [0.2, 0.25) is 0 Å². The summed E-state index contributed by atoms with van der Waals surface area (Å²) in [6.45, 7) is 0.386. The molecule has 0 saturated carbocycles. The number of anilines is 3. The first-order valence-electron chi connectivity index (χ1n) is 6.75. The van der Waals surface area contributed by atoms with E-state index in [2.05, 4.69) is 31.8 Å². The Labute approximate surface area is 126 Å². The van der Waals surface area contributed by atoms with Crippen LogP contribution in [0.25, 0.3) is 11.0 Å². The van der Waals surface area contributed by atoms with Gasteiger partial charge in [-0.2, -0.15) is 10.4 Å². The Hall–Kier alpha value is -3.05. The Morgan fingerprint density at radius 1 is 1.45 bits per heavy atom. The number of rotatable bonds is 5. The molecule has 3 heterocycles. The topological polar surface area (TPSA) is 115 Å². The highest BCUT2D eigenvalue weighted by Crippen LogP contribution is 2.28. The summed E-state index contributed by atoms with van der Waals surface area (Å²) in [4.78, 5) is 7.43. The van der Waals surface area contributed by atoms with Crippen LogP contribution in [-0.2, 0) is 7.05 Å². The molecule has 3 aromatic rings. The Morgan fingerprint density at radius 3 is 3.00 bits per heavy atom. The van der Waals surface area contributed by atoms with E-state index < -0.39 is 0 Å². The van der Waals surface area contributed by atoms with Gasteiger partial charge < -0.3 is 20.7 Å². The van der Waals surface area contributed by atoms with E-state index in [1.54, 1.807) is 16.9 Å². The van der Waals surface area contributed by atoms with E-state index in [0.717, 1.165) is 5.69 Å². The zero-order chi connectivity index (χ0) is 15.5. The number of aromatic amines is 1. The van der Waals surface area contributed by atoms with Gasteiger partial charge >= 0.3 is 0 Å². The van der Waals surface area contributed by atoms with Crippen molar-refractivity contribution >= 4 is 28.4 Å². The number of nitriles is 1. The average Bonchev–Trinajstić information content (AvgIpc) is 3.10.